The Morgan fingerprint density at radius 1 is 1.37 bits per heavy atom. The van der Waals surface area contributed by atoms with Crippen LogP contribution >= 0.6 is 0 Å². The summed E-state index contributed by atoms with van der Waals surface area (Å²) in [5, 5.41) is 6.45. The van der Waals surface area contributed by atoms with Crippen molar-refractivity contribution < 1.29 is 4.79 Å². The van der Waals surface area contributed by atoms with Gasteiger partial charge >= 0.3 is 0 Å². The summed E-state index contributed by atoms with van der Waals surface area (Å²) in [6.07, 6.45) is 2.16. The molecule has 0 spiro atoms. The van der Waals surface area contributed by atoms with E-state index < -0.39 is 0 Å². The zero-order valence-corrected chi connectivity index (χ0v) is 11.9. The van der Waals surface area contributed by atoms with E-state index in [1.165, 1.54) is 5.56 Å². The summed E-state index contributed by atoms with van der Waals surface area (Å²) in [7, 11) is 0. The highest BCUT2D eigenvalue weighted by atomic mass is 16.1. The molecule has 1 heterocycles. The van der Waals surface area contributed by atoms with Crippen molar-refractivity contribution in [3.05, 3.63) is 35.4 Å². The maximum absolute atomic E-state index is 12.1. The van der Waals surface area contributed by atoms with Crippen LogP contribution < -0.4 is 10.6 Å². The van der Waals surface area contributed by atoms with Crippen molar-refractivity contribution in [2.75, 3.05) is 19.6 Å². The molecule has 0 aliphatic carbocycles. The van der Waals surface area contributed by atoms with Gasteiger partial charge in [0.25, 0.3) is 5.91 Å². The van der Waals surface area contributed by atoms with Crippen molar-refractivity contribution in [3.8, 4) is 0 Å². The van der Waals surface area contributed by atoms with Gasteiger partial charge in [-0.05, 0) is 55.5 Å². The third-order valence-corrected chi connectivity index (χ3v) is 4.11. The maximum atomic E-state index is 12.1. The fraction of sp³-hybridized carbons (Fsp3) is 0.562. The van der Waals surface area contributed by atoms with Crippen molar-refractivity contribution in [1.29, 1.82) is 0 Å². The second kappa shape index (κ2) is 6.71. The minimum absolute atomic E-state index is 0.0494. The summed E-state index contributed by atoms with van der Waals surface area (Å²) in [6.45, 7) is 7.28. The Bertz CT molecular complexity index is 413. The first kappa shape index (κ1) is 14.1. The molecule has 0 aromatic heterocycles. The summed E-state index contributed by atoms with van der Waals surface area (Å²) in [5.41, 5.74) is 2.03. The minimum Gasteiger partial charge on any atom is -0.352 e. The zero-order valence-electron chi connectivity index (χ0n) is 11.9. The van der Waals surface area contributed by atoms with Crippen LogP contribution in [0.25, 0.3) is 0 Å². The molecule has 1 aromatic rings. The zero-order chi connectivity index (χ0) is 13.7. The molecule has 3 nitrogen and oxygen atoms in total. The Hall–Kier alpha value is -1.35. The van der Waals surface area contributed by atoms with Gasteiger partial charge in [-0.15, -0.1) is 0 Å². The molecule has 3 heteroatoms. The molecular formula is C16H24N2O. The molecule has 1 saturated heterocycles. The van der Waals surface area contributed by atoms with E-state index in [-0.39, 0.29) is 5.91 Å². The molecule has 2 rings (SSSR count). The number of hydrogen-bond acceptors (Lipinski definition) is 2. The van der Waals surface area contributed by atoms with Gasteiger partial charge < -0.3 is 10.6 Å². The van der Waals surface area contributed by atoms with E-state index in [1.807, 2.05) is 24.3 Å². The molecule has 1 aliphatic heterocycles. The third kappa shape index (κ3) is 3.80. The fourth-order valence-electron chi connectivity index (χ4n) is 2.59. The predicted octanol–water partition coefficient (Wildman–Crippen LogP) is 2.22. The number of rotatable bonds is 4. The van der Waals surface area contributed by atoms with Crippen LogP contribution in [0, 0.1) is 11.8 Å². The number of benzene rings is 1. The maximum Gasteiger partial charge on any atom is 0.251 e. The second-order valence-corrected chi connectivity index (χ2v) is 5.49. The second-order valence-electron chi connectivity index (χ2n) is 5.49. The van der Waals surface area contributed by atoms with Crippen LogP contribution in [0.15, 0.2) is 24.3 Å². The molecule has 1 fully saturated rings. The summed E-state index contributed by atoms with van der Waals surface area (Å²) in [4.78, 5) is 12.1. The highest BCUT2D eigenvalue weighted by Crippen LogP contribution is 2.17. The average Bonchev–Trinajstić information content (AvgIpc) is 2.46. The van der Waals surface area contributed by atoms with Gasteiger partial charge in [-0.1, -0.05) is 26.0 Å². The van der Waals surface area contributed by atoms with Crippen LogP contribution in [0.3, 0.4) is 0 Å². The van der Waals surface area contributed by atoms with E-state index in [9.17, 15) is 4.79 Å². The van der Waals surface area contributed by atoms with Crippen LogP contribution in [0.1, 0.15) is 36.2 Å². The van der Waals surface area contributed by atoms with E-state index in [2.05, 4.69) is 24.5 Å². The first-order valence-electron chi connectivity index (χ1n) is 7.28. The van der Waals surface area contributed by atoms with E-state index in [1.54, 1.807) is 0 Å². The van der Waals surface area contributed by atoms with Gasteiger partial charge in [-0.3, -0.25) is 4.79 Å². The minimum atomic E-state index is 0.0494. The lowest BCUT2D eigenvalue weighted by Gasteiger charge is -2.29. The fourth-order valence-corrected chi connectivity index (χ4v) is 2.59. The van der Waals surface area contributed by atoms with Gasteiger partial charge in [0.05, 0.1) is 0 Å². The van der Waals surface area contributed by atoms with Gasteiger partial charge in [0, 0.05) is 12.1 Å². The summed E-state index contributed by atoms with van der Waals surface area (Å²) >= 11 is 0. The molecule has 0 bridgehead atoms. The third-order valence-electron chi connectivity index (χ3n) is 4.11. The molecule has 2 atom stereocenters. The average molecular weight is 260 g/mol. The summed E-state index contributed by atoms with van der Waals surface area (Å²) < 4.78 is 0. The number of hydrogen-bond donors (Lipinski definition) is 2. The molecular weight excluding hydrogens is 236 g/mol. The van der Waals surface area contributed by atoms with Crippen LogP contribution in [0.5, 0.6) is 0 Å². The first-order valence-corrected chi connectivity index (χ1v) is 7.28. The highest BCUT2D eigenvalue weighted by molar-refractivity contribution is 5.94. The molecule has 2 N–H and O–H groups in total. The first-order chi connectivity index (χ1) is 9.20. The number of aryl methyl sites for hydroxylation is 1. The van der Waals surface area contributed by atoms with Gasteiger partial charge in [-0.25, -0.2) is 0 Å². The van der Waals surface area contributed by atoms with Crippen molar-refractivity contribution in [3.63, 3.8) is 0 Å². The monoisotopic (exact) mass is 260 g/mol. The van der Waals surface area contributed by atoms with Gasteiger partial charge in [-0.2, -0.15) is 0 Å². The lowest BCUT2D eigenvalue weighted by molar-refractivity contribution is 0.0938. The van der Waals surface area contributed by atoms with Crippen LogP contribution in [0.2, 0.25) is 0 Å². The van der Waals surface area contributed by atoms with Crippen molar-refractivity contribution in [2.45, 2.75) is 26.7 Å². The smallest absolute Gasteiger partial charge is 0.251 e. The number of piperidine rings is 1. The SMILES string of the molecule is CCc1ccc(C(=O)NCC2CCNCC2C)cc1. The molecule has 104 valence electrons. The van der Waals surface area contributed by atoms with Crippen LogP contribution in [0.4, 0.5) is 0 Å². The lowest BCUT2D eigenvalue weighted by Crippen LogP contribution is -2.41. The van der Waals surface area contributed by atoms with E-state index >= 15 is 0 Å². The Labute approximate surface area is 115 Å². The number of carbonyl (C=O) groups is 1. The van der Waals surface area contributed by atoms with Crippen molar-refractivity contribution in [2.24, 2.45) is 11.8 Å². The Morgan fingerprint density at radius 2 is 2.11 bits per heavy atom. The van der Waals surface area contributed by atoms with Gasteiger partial charge in [0.15, 0.2) is 0 Å². The number of carbonyl (C=O) groups excluding carboxylic acids is 1. The Morgan fingerprint density at radius 3 is 2.74 bits per heavy atom. The predicted molar refractivity (Wildman–Crippen MR) is 78.3 cm³/mol. The lowest BCUT2D eigenvalue weighted by atomic mass is 9.88. The number of nitrogens with one attached hydrogen (secondary N) is 2. The normalized spacial score (nSPS) is 23.1. The van der Waals surface area contributed by atoms with E-state index in [0.29, 0.717) is 11.8 Å². The van der Waals surface area contributed by atoms with Crippen molar-refractivity contribution >= 4 is 5.91 Å². The molecule has 1 aliphatic rings. The van der Waals surface area contributed by atoms with Gasteiger partial charge in [0.2, 0.25) is 0 Å². The van der Waals surface area contributed by atoms with E-state index in [0.717, 1.165) is 38.0 Å². The standard InChI is InChI=1S/C16H24N2O/c1-3-13-4-6-14(7-5-13)16(19)18-11-15-8-9-17-10-12(15)2/h4-7,12,15,17H,3,8-11H2,1-2H3,(H,18,19). The molecule has 0 saturated carbocycles. The molecule has 0 radical (unpaired) electrons. The highest BCUT2D eigenvalue weighted by Gasteiger charge is 2.21. The Balaban J connectivity index is 1.86. The largest absolute Gasteiger partial charge is 0.352 e. The van der Waals surface area contributed by atoms with Crippen molar-refractivity contribution in [1.82, 2.24) is 10.6 Å². The van der Waals surface area contributed by atoms with Crippen LogP contribution in [-0.4, -0.2) is 25.5 Å². The quantitative estimate of drug-likeness (QED) is 0.871. The van der Waals surface area contributed by atoms with Gasteiger partial charge in [0.1, 0.15) is 0 Å². The Kier molecular flexibility index (Phi) is 4.97. The van der Waals surface area contributed by atoms with Crippen LogP contribution in [-0.2, 0) is 6.42 Å². The molecule has 1 aromatic carbocycles. The topological polar surface area (TPSA) is 41.1 Å². The molecule has 1 amide bonds. The van der Waals surface area contributed by atoms with E-state index in [4.69, 9.17) is 0 Å². The molecule has 2 unspecified atom stereocenters. The summed E-state index contributed by atoms with van der Waals surface area (Å²) in [6, 6.07) is 7.89. The number of amides is 1. The summed E-state index contributed by atoms with van der Waals surface area (Å²) in [5.74, 6) is 1.28. The molecule has 19 heavy (non-hydrogen) atoms.